The Hall–Kier alpha value is -0.610. The van der Waals surface area contributed by atoms with E-state index < -0.39 is 0 Å². The topological polar surface area (TPSA) is 35.2 Å². The maximum Gasteiger partial charge on any atom is 0.179 e. The van der Waals surface area contributed by atoms with Gasteiger partial charge in [-0.2, -0.15) is 0 Å². The van der Waals surface area contributed by atoms with Gasteiger partial charge in [0.2, 0.25) is 0 Å². The molecule has 0 amide bonds. The first-order valence-electron chi connectivity index (χ1n) is 4.65. The molecule has 0 saturated heterocycles. The molecule has 0 atom stereocenters. The standard InChI is InChI=1S/C11H15BrFNO/c1-11(2,14)6-7-4-5-8(12)9(13)10(7)15-3/h4-5H,6,14H2,1-3H3. The normalized spacial score (nSPS) is 11.6. The van der Waals surface area contributed by atoms with Crippen LogP contribution in [0.1, 0.15) is 19.4 Å². The monoisotopic (exact) mass is 275 g/mol. The summed E-state index contributed by atoms with van der Waals surface area (Å²) in [6.45, 7) is 3.79. The van der Waals surface area contributed by atoms with Crippen molar-refractivity contribution in [2.45, 2.75) is 25.8 Å². The van der Waals surface area contributed by atoms with Crippen molar-refractivity contribution in [1.82, 2.24) is 0 Å². The molecule has 0 aliphatic rings. The quantitative estimate of drug-likeness (QED) is 0.921. The Morgan fingerprint density at radius 2 is 2.07 bits per heavy atom. The highest BCUT2D eigenvalue weighted by Crippen LogP contribution is 2.30. The molecular weight excluding hydrogens is 261 g/mol. The maximum atomic E-state index is 13.6. The molecule has 1 rings (SSSR count). The third-order valence-electron chi connectivity index (χ3n) is 1.98. The van der Waals surface area contributed by atoms with Crippen LogP contribution in [-0.4, -0.2) is 12.6 Å². The molecule has 0 unspecified atom stereocenters. The molecule has 1 aromatic carbocycles. The summed E-state index contributed by atoms with van der Waals surface area (Å²) in [5, 5.41) is 0. The fraction of sp³-hybridized carbons (Fsp3) is 0.455. The second-order valence-electron chi connectivity index (χ2n) is 4.22. The van der Waals surface area contributed by atoms with Crippen molar-refractivity contribution in [2.24, 2.45) is 5.73 Å². The summed E-state index contributed by atoms with van der Waals surface area (Å²) in [5.74, 6) is -0.109. The molecule has 0 heterocycles. The number of benzene rings is 1. The van der Waals surface area contributed by atoms with Gasteiger partial charge in [0, 0.05) is 5.54 Å². The summed E-state index contributed by atoms with van der Waals surface area (Å²) in [6.07, 6.45) is 0.570. The van der Waals surface area contributed by atoms with Crippen LogP contribution in [0.25, 0.3) is 0 Å². The first-order valence-corrected chi connectivity index (χ1v) is 5.44. The minimum atomic E-state index is -0.381. The number of ether oxygens (including phenoxy) is 1. The van der Waals surface area contributed by atoms with Gasteiger partial charge in [0.05, 0.1) is 11.6 Å². The minimum absolute atomic E-state index is 0.267. The molecule has 0 aliphatic heterocycles. The van der Waals surface area contributed by atoms with E-state index >= 15 is 0 Å². The summed E-state index contributed by atoms with van der Waals surface area (Å²) in [7, 11) is 1.46. The Kier molecular flexibility index (Phi) is 3.73. The van der Waals surface area contributed by atoms with Gasteiger partial charge in [0.1, 0.15) is 0 Å². The highest BCUT2D eigenvalue weighted by atomic mass is 79.9. The average Bonchev–Trinajstić information content (AvgIpc) is 2.10. The number of methoxy groups -OCH3 is 1. The van der Waals surface area contributed by atoms with Crippen LogP contribution in [0.15, 0.2) is 16.6 Å². The maximum absolute atomic E-state index is 13.6. The molecule has 0 spiro atoms. The van der Waals surface area contributed by atoms with Gasteiger partial charge in [0.15, 0.2) is 11.6 Å². The lowest BCUT2D eigenvalue weighted by Crippen LogP contribution is -2.34. The van der Waals surface area contributed by atoms with Gasteiger partial charge in [0.25, 0.3) is 0 Å². The molecule has 2 nitrogen and oxygen atoms in total. The average molecular weight is 276 g/mol. The van der Waals surface area contributed by atoms with E-state index in [1.807, 2.05) is 19.9 Å². The second kappa shape index (κ2) is 4.49. The van der Waals surface area contributed by atoms with Crippen molar-refractivity contribution >= 4 is 15.9 Å². The molecule has 1 aromatic rings. The van der Waals surface area contributed by atoms with Crippen molar-refractivity contribution < 1.29 is 9.13 Å². The molecule has 0 fully saturated rings. The molecule has 15 heavy (non-hydrogen) atoms. The van der Waals surface area contributed by atoms with Crippen LogP contribution in [0.4, 0.5) is 4.39 Å². The number of hydrogen-bond acceptors (Lipinski definition) is 2. The molecule has 0 saturated carbocycles. The van der Waals surface area contributed by atoms with E-state index in [0.29, 0.717) is 10.9 Å². The lowest BCUT2D eigenvalue weighted by Gasteiger charge is -2.20. The van der Waals surface area contributed by atoms with Crippen molar-refractivity contribution in [3.8, 4) is 5.75 Å². The Labute approximate surface area is 97.7 Å². The Bertz CT molecular complexity index is 360. The number of nitrogens with two attached hydrogens (primary N) is 1. The molecule has 0 bridgehead atoms. The van der Waals surface area contributed by atoms with E-state index in [1.165, 1.54) is 7.11 Å². The molecule has 2 N–H and O–H groups in total. The van der Waals surface area contributed by atoms with Crippen LogP contribution >= 0.6 is 15.9 Å². The predicted molar refractivity (Wildman–Crippen MR) is 62.6 cm³/mol. The SMILES string of the molecule is COc1c(CC(C)(C)N)ccc(Br)c1F. The minimum Gasteiger partial charge on any atom is -0.493 e. The van der Waals surface area contributed by atoms with Crippen molar-refractivity contribution in [1.29, 1.82) is 0 Å². The molecule has 0 radical (unpaired) electrons. The van der Waals surface area contributed by atoms with E-state index in [-0.39, 0.29) is 17.1 Å². The van der Waals surface area contributed by atoms with Crippen LogP contribution in [0, 0.1) is 5.82 Å². The zero-order valence-corrected chi connectivity index (χ0v) is 10.7. The summed E-state index contributed by atoms with van der Waals surface area (Å²) in [6, 6.07) is 3.49. The summed E-state index contributed by atoms with van der Waals surface area (Å²) in [5.41, 5.74) is 6.29. The van der Waals surface area contributed by atoms with Crippen LogP contribution in [0.5, 0.6) is 5.75 Å². The number of halogens is 2. The van der Waals surface area contributed by atoms with Gasteiger partial charge in [-0.05, 0) is 47.8 Å². The van der Waals surface area contributed by atoms with Gasteiger partial charge < -0.3 is 10.5 Å². The first kappa shape index (κ1) is 12.5. The van der Waals surface area contributed by atoms with Crippen molar-refractivity contribution in [3.63, 3.8) is 0 Å². The molecule has 0 aliphatic carbocycles. The van der Waals surface area contributed by atoms with Crippen LogP contribution in [0.3, 0.4) is 0 Å². The summed E-state index contributed by atoms with van der Waals surface area (Å²) < 4.78 is 19.1. The van der Waals surface area contributed by atoms with Gasteiger partial charge >= 0.3 is 0 Å². The van der Waals surface area contributed by atoms with Crippen LogP contribution in [-0.2, 0) is 6.42 Å². The largest absolute Gasteiger partial charge is 0.493 e. The fourth-order valence-electron chi connectivity index (χ4n) is 1.42. The Morgan fingerprint density at radius 3 is 2.53 bits per heavy atom. The second-order valence-corrected chi connectivity index (χ2v) is 5.07. The lowest BCUT2D eigenvalue weighted by molar-refractivity contribution is 0.374. The number of hydrogen-bond donors (Lipinski definition) is 1. The van der Waals surface area contributed by atoms with Gasteiger partial charge in [-0.1, -0.05) is 6.07 Å². The predicted octanol–water partition coefficient (Wildman–Crippen LogP) is 2.88. The molecular formula is C11H15BrFNO. The first-order chi connectivity index (χ1) is 6.85. The van der Waals surface area contributed by atoms with E-state index in [2.05, 4.69) is 15.9 Å². The fourth-order valence-corrected chi connectivity index (χ4v) is 1.74. The summed E-state index contributed by atoms with van der Waals surface area (Å²) in [4.78, 5) is 0. The third kappa shape index (κ3) is 3.18. The highest BCUT2D eigenvalue weighted by Gasteiger charge is 2.18. The van der Waals surface area contributed by atoms with Crippen molar-refractivity contribution in [2.75, 3.05) is 7.11 Å². The van der Waals surface area contributed by atoms with Gasteiger partial charge in [-0.15, -0.1) is 0 Å². The molecule has 4 heteroatoms. The van der Waals surface area contributed by atoms with Crippen LogP contribution < -0.4 is 10.5 Å². The van der Waals surface area contributed by atoms with E-state index in [0.717, 1.165) is 5.56 Å². The zero-order valence-electron chi connectivity index (χ0n) is 9.10. The van der Waals surface area contributed by atoms with Crippen LogP contribution in [0.2, 0.25) is 0 Å². The van der Waals surface area contributed by atoms with Crippen molar-refractivity contribution in [3.05, 3.63) is 28.0 Å². The Balaban J connectivity index is 3.14. The smallest absolute Gasteiger partial charge is 0.179 e. The Morgan fingerprint density at radius 1 is 1.47 bits per heavy atom. The zero-order chi connectivity index (χ0) is 11.6. The van der Waals surface area contributed by atoms with E-state index in [4.69, 9.17) is 10.5 Å². The van der Waals surface area contributed by atoms with Gasteiger partial charge in [-0.3, -0.25) is 0 Å². The molecule has 84 valence electrons. The van der Waals surface area contributed by atoms with E-state index in [1.54, 1.807) is 6.07 Å². The lowest BCUT2D eigenvalue weighted by atomic mass is 9.95. The molecule has 0 aromatic heterocycles. The highest BCUT2D eigenvalue weighted by molar-refractivity contribution is 9.10. The van der Waals surface area contributed by atoms with Gasteiger partial charge in [-0.25, -0.2) is 4.39 Å². The summed E-state index contributed by atoms with van der Waals surface area (Å²) >= 11 is 3.11. The number of rotatable bonds is 3. The van der Waals surface area contributed by atoms with E-state index in [9.17, 15) is 4.39 Å². The third-order valence-corrected chi connectivity index (χ3v) is 2.59.